The van der Waals surface area contributed by atoms with Crippen LogP contribution in [0.25, 0.3) is 0 Å². The standard InChI is InChI=1S/C9H15NS/c1-5-7-9(6-2)11-10-8(3)4/h5-8,10H,1-2H2,3-4H3/b9-7+. The van der Waals surface area contributed by atoms with Gasteiger partial charge in [0.2, 0.25) is 0 Å². The first-order chi connectivity index (χ1) is 5.20. The minimum absolute atomic E-state index is 0.480. The fourth-order valence-electron chi connectivity index (χ4n) is 0.446. The van der Waals surface area contributed by atoms with Crippen molar-refractivity contribution in [2.75, 3.05) is 0 Å². The fourth-order valence-corrected chi connectivity index (χ4v) is 1.07. The molecular formula is C9H15NS. The molecule has 0 aliphatic carbocycles. The van der Waals surface area contributed by atoms with Crippen molar-refractivity contribution < 1.29 is 0 Å². The van der Waals surface area contributed by atoms with E-state index in [4.69, 9.17) is 0 Å². The average Bonchev–Trinajstić information content (AvgIpc) is 1.97. The quantitative estimate of drug-likeness (QED) is 0.501. The summed E-state index contributed by atoms with van der Waals surface area (Å²) < 4.78 is 3.21. The molecule has 0 aromatic rings. The van der Waals surface area contributed by atoms with Gasteiger partial charge in [-0.1, -0.05) is 25.3 Å². The highest BCUT2D eigenvalue weighted by Crippen LogP contribution is 2.12. The lowest BCUT2D eigenvalue weighted by atomic mass is 10.4. The second-order valence-electron chi connectivity index (χ2n) is 2.38. The highest BCUT2D eigenvalue weighted by Gasteiger charge is 1.93. The maximum Gasteiger partial charge on any atom is 0.0222 e. The molecule has 1 nitrogen and oxygen atoms in total. The fraction of sp³-hybridized carbons (Fsp3) is 0.333. The normalized spacial score (nSPS) is 11.7. The number of hydrogen-bond donors (Lipinski definition) is 1. The Morgan fingerprint density at radius 2 is 2.09 bits per heavy atom. The van der Waals surface area contributed by atoms with Gasteiger partial charge in [-0.05, 0) is 31.9 Å². The van der Waals surface area contributed by atoms with Crippen molar-refractivity contribution in [3.8, 4) is 0 Å². The minimum atomic E-state index is 0.480. The molecule has 0 amide bonds. The molecule has 0 saturated heterocycles. The Labute approximate surface area is 73.4 Å². The summed E-state index contributed by atoms with van der Waals surface area (Å²) in [5.41, 5.74) is 0. The van der Waals surface area contributed by atoms with Gasteiger partial charge < -0.3 is 0 Å². The number of allylic oxidation sites excluding steroid dienone is 3. The van der Waals surface area contributed by atoms with Crippen molar-refractivity contribution in [1.82, 2.24) is 4.72 Å². The number of hydrogen-bond acceptors (Lipinski definition) is 2. The van der Waals surface area contributed by atoms with Gasteiger partial charge in [0.15, 0.2) is 0 Å². The molecule has 0 spiro atoms. The van der Waals surface area contributed by atoms with Crippen LogP contribution in [0.15, 0.2) is 36.3 Å². The zero-order valence-electron chi connectivity index (χ0n) is 7.13. The van der Waals surface area contributed by atoms with E-state index in [-0.39, 0.29) is 0 Å². The van der Waals surface area contributed by atoms with E-state index in [1.807, 2.05) is 12.2 Å². The van der Waals surface area contributed by atoms with Crippen LogP contribution in [0, 0.1) is 0 Å². The van der Waals surface area contributed by atoms with Crippen molar-refractivity contribution >= 4 is 11.9 Å². The van der Waals surface area contributed by atoms with Crippen molar-refractivity contribution in [2.24, 2.45) is 0 Å². The van der Waals surface area contributed by atoms with Crippen molar-refractivity contribution in [2.45, 2.75) is 19.9 Å². The Morgan fingerprint density at radius 1 is 1.45 bits per heavy atom. The Bertz CT molecular complexity index is 159. The first-order valence-electron chi connectivity index (χ1n) is 3.58. The Morgan fingerprint density at radius 3 is 2.45 bits per heavy atom. The van der Waals surface area contributed by atoms with E-state index in [0.717, 1.165) is 4.91 Å². The predicted octanol–water partition coefficient (Wildman–Crippen LogP) is 2.89. The molecule has 2 heteroatoms. The molecule has 0 aliphatic rings. The first kappa shape index (κ1) is 10.5. The molecular weight excluding hydrogens is 154 g/mol. The summed E-state index contributed by atoms with van der Waals surface area (Å²) in [4.78, 5) is 1.09. The van der Waals surface area contributed by atoms with Crippen LogP contribution in [0.1, 0.15) is 13.8 Å². The first-order valence-corrected chi connectivity index (χ1v) is 4.40. The monoisotopic (exact) mass is 169 g/mol. The van der Waals surface area contributed by atoms with Crippen LogP contribution in [-0.4, -0.2) is 6.04 Å². The summed E-state index contributed by atoms with van der Waals surface area (Å²) in [6, 6.07) is 0.480. The molecule has 1 N–H and O–H groups in total. The van der Waals surface area contributed by atoms with E-state index in [1.165, 1.54) is 0 Å². The predicted molar refractivity (Wildman–Crippen MR) is 54.3 cm³/mol. The zero-order chi connectivity index (χ0) is 8.69. The van der Waals surface area contributed by atoms with E-state index in [0.29, 0.717) is 6.04 Å². The average molecular weight is 169 g/mol. The third-order valence-corrected chi connectivity index (χ3v) is 2.02. The molecule has 0 fully saturated rings. The number of rotatable bonds is 5. The molecule has 0 heterocycles. The summed E-state index contributed by atoms with van der Waals surface area (Å²) in [6.45, 7) is 11.5. The molecule has 0 bridgehead atoms. The Balaban J connectivity index is 3.79. The maximum atomic E-state index is 3.68. The van der Waals surface area contributed by atoms with Crippen LogP contribution in [0.4, 0.5) is 0 Å². The van der Waals surface area contributed by atoms with Crippen LogP contribution in [0.3, 0.4) is 0 Å². The molecule has 0 atom stereocenters. The molecule has 0 aromatic carbocycles. The highest BCUT2D eigenvalue weighted by molar-refractivity contribution is 8.01. The Hall–Kier alpha value is -0.470. The SMILES string of the molecule is C=C/C=C(\C=C)SNC(C)C. The van der Waals surface area contributed by atoms with Gasteiger partial charge in [0.25, 0.3) is 0 Å². The van der Waals surface area contributed by atoms with Crippen molar-refractivity contribution in [1.29, 1.82) is 0 Å². The highest BCUT2D eigenvalue weighted by atomic mass is 32.2. The molecule has 0 radical (unpaired) electrons. The van der Waals surface area contributed by atoms with E-state index in [9.17, 15) is 0 Å². The molecule has 0 saturated carbocycles. The largest absolute Gasteiger partial charge is 0.257 e. The second-order valence-corrected chi connectivity index (χ2v) is 3.29. The topological polar surface area (TPSA) is 12.0 Å². The number of nitrogens with one attached hydrogen (secondary N) is 1. The van der Waals surface area contributed by atoms with Crippen LogP contribution in [-0.2, 0) is 0 Å². The molecule has 62 valence electrons. The van der Waals surface area contributed by atoms with Crippen LogP contribution in [0.5, 0.6) is 0 Å². The molecule has 0 aromatic heterocycles. The van der Waals surface area contributed by atoms with Gasteiger partial charge in [-0.2, -0.15) is 0 Å². The van der Waals surface area contributed by atoms with Gasteiger partial charge in [-0.25, -0.2) is 0 Å². The molecule has 0 unspecified atom stereocenters. The molecule has 11 heavy (non-hydrogen) atoms. The summed E-state index contributed by atoms with van der Waals surface area (Å²) in [5, 5.41) is 0. The van der Waals surface area contributed by atoms with Gasteiger partial charge in [0.1, 0.15) is 0 Å². The maximum absolute atomic E-state index is 3.68. The van der Waals surface area contributed by atoms with E-state index >= 15 is 0 Å². The van der Waals surface area contributed by atoms with Crippen LogP contribution in [0.2, 0.25) is 0 Å². The van der Waals surface area contributed by atoms with Gasteiger partial charge >= 0.3 is 0 Å². The third-order valence-electron chi connectivity index (χ3n) is 0.896. The third kappa shape index (κ3) is 5.95. The minimum Gasteiger partial charge on any atom is -0.257 e. The second kappa shape index (κ2) is 6.25. The van der Waals surface area contributed by atoms with Crippen molar-refractivity contribution in [3.63, 3.8) is 0 Å². The van der Waals surface area contributed by atoms with Crippen LogP contribution < -0.4 is 4.72 Å². The van der Waals surface area contributed by atoms with Gasteiger partial charge in [-0.3, -0.25) is 4.72 Å². The Kier molecular flexibility index (Phi) is 5.99. The van der Waals surface area contributed by atoms with Crippen molar-refractivity contribution in [3.05, 3.63) is 36.3 Å². The lowest BCUT2D eigenvalue weighted by molar-refractivity contribution is 0.773. The van der Waals surface area contributed by atoms with Crippen LogP contribution >= 0.6 is 11.9 Å². The summed E-state index contributed by atoms with van der Waals surface area (Å²) >= 11 is 1.58. The summed E-state index contributed by atoms with van der Waals surface area (Å²) in [7, 11) is 0. The molecule has 0 rings (SSSR count). The van der Waals surface area contributed by atoms with Gasteiger partial charge in [0, 0.05) is 10.9 Å². The van der Waals surface area contributed by atoms with E-state index in [2.05, 4.69) is 31.7 Å². The van der Waals surface area contributed by atoms with Gasteiger partial charge in [0.05, 0.1) is 0 Å². The lowest BCUT2D eigenvalue weighted by Crippen LogP contribution is -2.13. The lowest BCUT2D eigenvalue weighted by Gasteiger charge is -2.06. The smallest absolute Gasteiger partial charge is 0.0222 e. The molecule has 0 aliphatic heterocycles. The summed E-state index contributed by atoms with van der Waals surface area (Å²) in [5.74, 6) is 0. The van der Waals surface area contributed by atoms with Gasteiger partial charge in [-0.15, -0.1) is 0 Å². The summed E-state index contributed by atoms with van der Waals surface area (Å²) in [6.07, 6.45) is 5.49. The zero-order valence-corrected chi connectivity index (χ0v) is 7.95. The van der Waals surface area contributed by atoms with E-state index < -0.39 is 0 Å². The van der Waals surface area contributed by atoms with E-state index in [1.54, 1.807) is 18.0 Å².